The van der Waals surface area contributed by atoms with Crippen LogP contribution in [-0.2, 0) is 46.0 Å². The quantitative estimate of drug-likeness (QED) is 0.129. The Morgan fingerprint density at radius 1 is 0.532 bits per heavy atom. The van der Waals surface area contributed by atoms with Gasteiger partial charge in [-0.25, -0.2) is 0 Å². The van der Waals surface area contributed by atoms with E-state index in [1.807, 2.05) is 0 Å². The molecule has 248 valence electrons. The molecule has 0 amide bonds. The Labute approximate surface area is 276 Å². The predicted octanol–water partition coefficient (Wildman–Crippen LogP) is 6.44. The summed E-state index contributed by atoms with van der Waals surface area (Å²) in [4.78, 5) is 0. The average Bonchev–Trinajstić information content (AvgIpc) is 3.88. The fraction of sp³-hybridized carbons (Fsp3) is 0.487. The van der Waals surface area contributed by atoms with Crippen LogP contribution in [0.25, 0.3) is 21.5 Å². The molecule has 4 aliphatic rings. The van der Waals surface area contributed by atoms with E-state index in [4.69, 9.17) is 37.9 Å². The third-order valence-electron chi connectivity index (χ3n) is 9.64. The summed E-state index contributed by atoms with van der Waals surface area (Å²) in [6.45, 7) is 13.7. The number of hydrogen-bond donors (Lipinski definition) is 0. The molecule has 8 rings (SSSR count). The largest absolute Gasteiger partial charge is 0.490 e. The van der Waals surface area contributed by atoms with E-state index in [0.717, 1.165) is 81.7 Å². The number of rotatable bonds is 16. The SMILES string of the molecule is CC(C)(OCC1CO1)c1ccc2ccc(OCC3CO3)c(Cc3c(OCC4CO4)ccc4ccc(C(C)(C)OCC5CO5)cc34)c2c1. The van der Waals surface area contributed by atoms with Crippen molar-refractivity contribution < 1.29 is 37.9 Å². The molecule has 0 N–H and O–H groups in total. The van der Waals surface area contributed by atoms with E-state index in [0.29, 0.717) is 32.8 Å². The van der Waals surface area contributed by atoms with Gasteiger partial charge in [-0.3, -0.25) is 0 Å². The summed E-state index contributed by atoms with van der Waals surface area (Å²) in [6, 6.07) is 21.7. The molecule has 4 heterocycles. The minimum Gasteiger partial charge on any atom is -0.490 e. The second-order valence-electron chi connectivity index (χ2n) is 14.2. The highest BCUT2D eigenvalue weighted by molar-refractivity contribution is 5.92. The zero-order chi connectivity index (χ0) is 32.2. The van der Waals surface area contributed by atoms with Crippen molar-refractivity contribution in [1.29, 1.82) is 0 Å². The molecule has 4 saturated heterocycles. The first kappa shape index (κ1) is 31.1. The van der Waals surface area contributed by atoms with Gasteiger partial charge in [-0.1, -0.05) is 36.4 Å². The number of epoxide rings is 4. The Hall–Kier alpha value is -3.24. The van der Waals surface area contributed by atoms with Crippen molar-refractivity contribution in [2.24, 2.45) is 0 Å². The molecule has 0 saturated carbocycles. The van der Waals surface area contributed by atoms with Crippen molar-refractivity contribution in [2.45, 2.75) is 69.7 Å². The summed E-state index contributed by atoms with van der Waals surface area (Å²) in [6.07, 6.45) is 1.29. The Bertz CT molecular complexity index is 1640. The number of hydrogen-bond acceptors (Lipinski definition) is 8. The Balaban J connectivity index is 1.22. The standard InChI is InChI=1S/C39H44O8/c1-38(2,46-22-30-18-42-30)26-9-5-24-7-11-36(44-20-28-16-40-28)34(32(24)13-26)15-35-33-14-27(39(3,4)47-23-31-19-43-31)10-6-25(33)8-12-37(35)45-21-29-17-41-29/h5-14,28-31H,15-23H2,1-4H3. The highest BCUT2D eigenvalue weighted by Gasteiger charge is 2.31. The van der Waals surface area contributed by atoms with Crippen LogP contribution in [0.5, 0.6) is 11.5 Å². The lowest BCUT2D eigenvalue weighted by atomic mass is 9.88. The molecule has 4 unspecified atom stereocenters. The maximum Gasteiger partial charge on any atom is 0.123 e. The minimum absolute atomic E-state index is 0.141. The van der Waals surface area contributed by atoms with Gasteiger partial charge in [0.15, 0.2) is 0 Å². The van der Waals surface area contributed by atoms with Crippen LogP contribution in [0.15, 0.2) is 60.7 Å². The van der Waals surface area contributed by atoms with Gasteiger partial charge < -0.3 is 37.9 Å². The van der Waals surface area contributed by atoms with Gasteiger partial charge in [-0.2, -0.15) is 0 Å². The van der Waals surface area contributed by atoms with Crippen molar-refractivity contribution in [2.75, 3.05) is 52.9 Å². The van der Waals surface area contributed by atoms with Gasteiger partial charge in [0.1, 0.15) is 49.1 Å². The summed E-state index contributed by atoms with van der Waals surface area (Å²) >= 11 is 0. The number of ether oxygens (including phenoxy) is 8. The fourth-order valence-electron chi connectivity index (χ4n) is 6.08. The number of benzene rings is 4. The highest BCUT2D eigenvalue weighted by atomic mass is 16.6. The Morgan fingerprint density at radius 3 is 1.28 bits per heavy atom. The van der Waals surface area contributed by atoms with Crippen molar-refractivity contribution in [1.82, 2.24) is 0 Å². The second-order valence-corrected chi connectivity index (χ2v) is 14.2. The lowest BCUT2D eigenvalue weighted by Gasteiger charge is -2.27. The molecule has 0 aliphatic carbocycles. The smallest absolute Gasteiger partial charge is 0.123 e. The van der Waals surface area contributed by atoms with Crippen LogP contribution in [0.2, 0.25) is 0 Å². The van der Waals surface area contributed by atoms with Crippen molar-refractivity contribution in [3.63, 3.8) is 0 Å². The molecule has 4 aromatic rings. The minimum atomic E-state index is -0.486. The van der Waals surface area contributed by atoms with E-state index < -0.39 is 11.2 Å². The van der Waals surface area contributed by atoms with Gasteiger partial charge in [-0.15, -0.1) is 0 Å². The lowest BCUT2D eigenvalue weighted by molar-refractivity contribution is -0.0286. The first-order valence-corrected chi connectivity index (χ1v) is 16.8. The molecule has 0 spiro atoms. The first-order valence-electron chi connectivity index (χ1n) is 16.8. The monoisotopic (exact) mass is 640 g/mol. The molecule has 0 radical (unpaired) electrons. The molecule has 4 aromatic carbocycles. The van der Waals surface area contributed by atoms with Crippen molar-refractivity contribution in [3.8, 4) is 11.5 Å². The fourth-order valence-corrected chi connectivity index (χ4v) is 6.08. The van der Waals surface area contributed by atoms with Crippen LogP contribution >= 0.6 is 0 Å². The summed E-state index contributed by atoms with van der Waals surface area (Å²) < 4.78 is 47.5. The maximum atomic E-state index is 6.49. The summed E-state index contributed by atoms with van der Waals surface area (Å²) in [5, 5.41) is 4.56. The van der Waals surface area contributed by atoms with Crippen molar-refractivity contribution >= 4 is 21.5 Å². The Morgan fingerprint density at radius 2 is 0.894 bits per heavy atom. The van der Waals surface area contributed by atoms with Gasteiger partial charge in [0, 0.05) is 17.5 Å². The molecular formula is C39H44O8. The lowest BCUT2D eigenvalue weighted by Crippen LogP contribution is -2.24. The molecule has 0 aromatic heterocycles. The topological polar surface area (TPSA) is 87.0 Å². The first-order chi connectivity index (χ1) is 22.7. The zero-order valence-corrected chi connectivity index (χ0v) is 27.7. The third-order valence-corrected chi connectivity index (χ3v) is 9.64. The second kappa shape index (κ2) is 12.3. The molecule has 4 aliphatic heterocycles. The van der Waals surface area contributed by atoms with Gasteiger partial charge in [-0.05, 0) is 84.6 Å². The highest BCUT2D eigenvalue weighted by Crippen LogP contribution is 2.40. The average molecular weight is 641 g/mol. The van der Waals surface area contributed by atoms with E-state index >= 15 is 0 Å². The van der Waals surface area contributed by atoms with Crippen LogP contribution in [0.4, 0.5) is 0 Å². The summed E-state index contributed by atoms with van der Waals surface area (Å²) in [7, 11) is 0. The van der Waals surface area contributed by atoms with Gasteiger partial charge in [0.05, 0.1) is 50.8 Å². The number of fused-ring (bicyclic) bond motifs is 2. The zero-order valence-electron chi connectivity index (χ0n) is 27.7. The molecule has 8 nitrogen and oxygen atoms in total. The molecule has 4 fully saturated rings. The Kier molecular flexibility index (Phi) is 8.15. The molecule has 0 bridgehead atoms. The summed E-state index contributed by atoms with van der Waals surface area (Å²) in [5.74, 6) is 1.71. The van der Waals surface area contributed by atoms with Crippen LogP contribution in [0.1, 0.15) is 49.9 Å². The van der Waals surface area contributed by atoms with Crippen LogP contribution in [0.3, 0.4) is 0 Å². The van der Waals surface area contributed by atoms with Gasteiger partial charge >= 0.3 is 0 Å². The van der Waals surface area contributed by atoms with Crippen LogP contribution in [0, 0.1) is 0 Å². The third kappa shape index (κ3) is 7.28. The van der Waals surface area contributed by atoms with Gasteiger partial charge in [0.25, 0.3) is 0 Å². The van der Waals surface area contributed by atoms with Gasteiger partial charge in [0.2, 0.25) is 0 Å². The van der Waals surface area contributed by atoms with Crippen LogP contribution < -0.4 is 9.47 Å². The van der Waals surface area contributed by atoms with E-state index in [1.54, 1.807) is 0 Å². The maximum absolute atomic E-state index is 6.49. The van der Waals surface area contributed by atoms with E-state index in [2.05, 4.69) is 88.4 Å². The summed E-state index contributed by atoms with van der Waals surface area (Å²) in [5.41, 5.74) is 3.46. The molecule has 4 atom stereocenters. The van der Waals surface area contributed by atoms with Crippen molar-refractivity contribution in [3.05, 3.63) is 82.9 Å². The molecular weight excluding hydrogens is 596 g/mol. The van der Waals surface area contributed by atoms with E-state index in [9.17, 15) is 0 Å². The van der Waals surface area contributed by atoms with E-state index in [-0.39, 0.29) is 24.4 Å². The van der Waals surface area contributed by atoms with E-state index in [1.165, 1.54) is 0 Å². The molecule has 47 heavy (non-hydrogen) atoms. The van der Waals surface area contributed by atoms with Crippen LogP contribution in [-0.4, -0.2) is 77.3 Å². The predicted molar refractivity (Wildman–Crippen MR) is 179 cm³/mol. The normalized spacial score (nSPS) is 23.2. The molecule has 8 heteroatoms.